The maximum atomic E-state index is 12.1. The molecule has 3 rings (SSSR count). The van der Waals surface area contributed by atoms with Crippen LogP contribution in [0.5, 0.6) is 11.7 Å². The van der Waals surface area contributed by atoms with Crippen LogP contribution in [0, 0.1) is 16.2 Å². The minimum absolute atomic E-state index is 0.0999. The van der Waals surface area contributed by atoms with Crippen LogP contribution in [0.3, 0.4) is 0 Å². The van der Waals surface area contributed by atoms with Crippen LogP contribution in [-0.4, -0.2) is 29.0 Å². The van der Waals surface area contributed by atoms with Gasteiger partial charge in [0.1, 0.15) is 5.75 Å². The van der Waals surface area contributed by atoms with Crippen LogP contribution in [0.1, 0.15) is 6.42 Å². The van der Waals surface area contributed by atoms with Gasteiger partial charge in [0.25, 0.3) is 5.03 Å². The maximum absolute atomic E-state index is 12.1. The van der Waals surface area contributed by atoms with Crippen LogP contribution < -0.4 is 19.8 Å². The van der Waals surface area contributed by atoms with E-state index in [1.54, 1.807) is 31.4 Å². The summed E-state index contributed by atoms with van der Waals surface area (Å²) < 4.78 is 11.2. The first-order valence-corrected chi connectivity index (χ1v) is 9.28. The number of nitrogens with zero attached hydrogens (tertiary/aromatic N) is 3. The van der Waals surface area contributed by atoms with Crippen LogP contribution in [0.25, 0.3) is 5.69 Å². The zero-order valence-corrected chi connectivity index (χ0v) is 16.0. The lowest BCUT2D eigenvalue weighted by Gasteiger charge is -2.09. The van der Waals surface area contributed by atoms with Gasteiger partial charge in [-0.05, 0) is 16.8 Å². The minimum Gasteiger partial charge on any atom is -0.538 e. The predicted octanol–water partition coefficient (Wildman–Crippen LogP) is 1.86. The topological polar surface area (TPSA) is 134 Å². The zero-order valence-electron chi connectivity index (χ0n) is 15.2. The Morgan fingerprint density at radius 3 is 2.72 bits per heavy atom. The Hall–Kier alpha value is -3.60. The van der Waals surface area contributed by atoms with Gasteiger partial charge in [-0.15, -0.1) is 6.07 Å². The number of ether oxygens (including phenoxy) is 1. The van der Waals surface area contributed by atoms with Crippen molar-refractivity contribution in [2.45, 2.75) is 11.4 Å². The molecular weight excluding hydrogens is 400 g/mol. The van der Waals surface area contributed by atoms with E-state index >= 15 is 0 Å². The number of carbonyl (C=O) groups excluding carboxylic acids is 1. The second-order valence-electron chi connectivity index (χ2n) is 5.64. The molecule has 0 aliphatic carbocycles. The number of amides is 1. The third-order valence-electron chi connectivity index (χ3n) is 3.74. The Morgan fingerprint density at radius 2 is 2.10 bits per heavy atom. The molecule has 11 heteroatoms. The number of hydrogen-bond acceptors (Lipinski definition) is 8. The summed E-state index contributed by atoms with van der Waals surface area (Å²) in [5.41, 5.74) is 0.828. The number of rotatable bonds is 8. The molecule has 0 bridgehead atoms. The number of nitrogens with one attached hydrogen (secondary N) is 1. The Morgan fingerprint density at radius 1 is 1.34 bits per heavy atom. The summed E-state index contributed by atoms with van der Waals surface area (Å²) in [5.74, 6) is 0.0392. The van der Waals surface area contributed by atoms with Gasteiger partial charge in [-0.25, -0.2) is 0 Å². The van der Waals surface area contributed by atoms with Gasteiger partial charge in [0.15, 0.2) is 11.6 Å². The second kappa shape index (κ2) is 9.06. The van der Waals surface area contributed by atoms with Crippen molar-refractivity contribution >= 4 is 29.0 Å². The van der Waals surface area contributed by atoms with Crippen molar-refractivity contribution < 1.29 is 28.8 Å². The van der Waals surface area contributed by atoms with Gasteiger partial charge in [-0.1, -0.05) is 29.6 Å². The molecule has 0 saturated heterocycles. The van der Waals surface area contributed by atoms with Gasteiger partial charge >= 0.3 is 0 Å². The molecule has 0 unspecified atom stereocenters. The number of anilines is 1. The van der Waals surface area contributed by atoms with Gasteiger partial charge in [-0.2, -0.15) is 6.07 Å². The van der Waals surface area contributed by atoms with Crippen LogP contribution in [0.4, 0.5) is 11.4 Å². The largest absolute Gasteiger partial charge is 0.538 e. The molecule has 0 atom stereocenters. The molecule has 1 heterocycles. The molecule has 0 spiro atoms. The molecular formula is C18H15N4O6S-. The van der Waals surface area contributed by atoms with Crippen LogP contribution in [0.2, 0.25) is 0 Å². The van der Waals surface area contributed by atoms with Gasteiger partial charge < -0.3 is 19.7 Å². The first kappa shape index (κ1) is 20.1. The summed E-state index contributed by atoms with van der Waals surface area (Å²) >= 11 is 1.13. The first-order valence-electron chi connectivity index (χ1n) is 8.30. The molecule has 0 fully saturated rings. The van der Waals surface area contributed by atoms with E-state index in [1.165, 1.54) is 22.9 Å². The number of thioether (sulfide) groups is 1. The highest BCUT2D eigenvalue weighted by molar-refractivity contribution is 7.99. The highest BCUT2D eigenvalue weighted by Gasteiger charge is 2.21. The number of nitro groups is 1. The normalized spacial score (nSPS) is 10.5. The Bertz CT molecular complexity index is 1000. The molecule has 29 heavy (non-hydrogen) atoms. The molecule has 10 nitrogen and oxygen atoms in total. The summed E-state index contributed by atoms with van der Waals surface area (Å²) in [6.45, 7) is 0. The van der Waals surface area contributed by atoms with Crippen molar-refractivity contribution in [1.29, 1.82) is 0 Å². The number of aromatic nitrogens is 2. The SMILES string of the molecule is COc1ccc(-[n+]2noc([O-])c2SCCC(=O)Nc2[c-]cc([N+](=O)[O-])cc2)cc1. The Balaban J connectivity index is 1.58. The van der Waals surface area contributed by atoms with E-state index in [4.69, 9.17) is 9.26 Å². The third kappa shape index (κ3) is 5.02. The summed E-state index contributed by atoms with van der Waals surface area (Å²) in [4.78, 5) is 22.1. The molecule has 2 aromatic carbocycles. The first-order chi connectivity index (χ1) is 14.0. The van der Waals surface area contributed by atoms with Gasteiger partial charge in [0.05, 0.1) is 12.4 Å². The third-order valence-corrected chi connectivity index (χ3v) is 4.76. The Kier molecular flexibility index (Phi) is 6.29. The number of non-ortho nitro benzene ring substituents is 1. The van der Waals surface area contributed by atoms with E-state index in [1.807, 2.05) is 0 Å². The van der Waals surface area contributed by atoms with Crippen molar-refractivity contribution in [3.8, 4) is 17.4 Å². The van der Waals surface area contributed by atoms with Gasteiger partial charge in [-0.3, -0.25) is 14.9 Å². The van der Waals surface area contributed by atoms with E-state index in [9.17, 15) is 20.0 Å². The average Bonchev–Trinajstić information content (AvgIpc) is 3.09. The lowest BCUT2D eigenvalue weighted by molar-refractivity contribution is -0.705. The van der Waals surface area contributed by atoms with Crippen molar-refractivity contribution in [3.63, 3.8) is 0 Å². The standard InChI is InChI=1S/C18H16N4O6S/c1-27-15-8-6-13(7-9-15)21-17(18(24)28-20-21)29-11-10-16(23)19-12-2-4-14(5-3-12)22(25)26/h2,4-9,24H,10-11H2,1H3,(H,19,23)/p-1. The van der Waals surface area contributed by atoms with E-state index in [0.29, 0.717) is 22.9 Å². The highest BCUT2D eigenvalue weighted by atomic mass is 32.2. The maximum Gasteiger partial charge on any atom is 0.297 e. The van der Waals surface area contributed by atoms with E-state index in [2.05, 4.69) is 16.7 Å². The Labute approximate surface area is 169 Å². The molecule has 0 saturated carbocycles. The molecule has 3 aromatic rings. The van der Waals surface area contributed by atoms with Gasteiger partial charge in [0, 0.05) is 29.2 Å². The number of methoxy groups -OCH3 is 1. The molecule has 0 radical (unpaired) electrons. The molecule has 0 aliphatic heterocycles. The average molecular weight is 415 g/mol. The zero-order chi connectivity index (χ0) is 20.8. The summed E-state index contributed by atoms with van der Waals surface area (Å²) in [6.07, 6.45) is 0.0999. The quantitative estimate of drug-likeness (QED) is 0.194. The number of carbonyl (C=O) groups is 1. The summed E-state index contributed by atoms with van der Waals surface area (Å²) in [5, 5.41) is 29.1. The fraction of sp³-hybridized carbons (Fsp3) is 0.167. The summed E-state index contributed by atoms with van der Waals surface area (Å²) in [6, 6.07) is 13.4. The van der Waals surface area contributed by atoms with Gasteiger partial charge in [0.2, 0.25) is 11.6 Å². The van der Waals surface area contributed by atoms with Crippen LogP contribution >= 0.6 is 11.8 Å². The van der Waals surface area contributed by atoms with E-state index in [-0.39, 0.29) is 23.0 Å². The highest BCUT2D eigenvalue weighted by Crippen LogP contribution is 2.24. The van der Waals surface area contributed by atoms with Crippen molar-refractivity contribution in [1.82, 2.24) is 5.27 Å². The number of hydrogen-bond donors (Lipinski definition) is 1. The molecule has 1 aromatic heterocycles. The van der Waals surface area contributed by atoms with Crippen LogP contribution in [-0.2, 0) is 4.79 Å². The number of nitro benzene ring substituents is 1. The molecule has 1 N–H and O–H groups in total. The minimum atomic E-state index is -0.602. The fourth-order valence-corrected chi connectivity index (χ4v) is 3.21. The van der Waals surface area contributed by atoms with Crippen LogP contribution in [0.15, 0.2) is 52.0 Å². The van der Waals surface area contributed by atoms with E-state index in [0.717, 1.165) is 11.8 Å². The summed E-state index contributed by atoms with van der Waals surface area (Å²) in [7, 11) is 1.55. The molecule has 0 aliphatic rings. The fourth-order valence-electron chi connectivity index (χ4n) is 2.31. The number of benzene rings is 2. The molecule has 150 valence electrons. The monoisotopic (exact) mass is 415 g/mol. The van der Waals surface area contributed by atoms with Crippen molar-refractivity contribution in [2.24, 2.45) is 0 Å². The van der Waals surface area contributed by atoms with Crippen molar-refractivity contribution in [2.75, 3.05) is 18.2 Å². The smallest absolute Gasteiger partial charge is 0.297 e. The van der Waals surface area contributed by atoms with Crippen molar-refractivity contribution in [3.05, 3.63) is 58.6 Å². The predicted molar refractivity (Wildman–Crippen MR) is 99.9 cm³/mol. The molecule has 1 amide bonds. The lowest BCUT2D eigenvalue weighted by atomic mass is 10.3. The van der Waals surface area contributed by atoms with E-state index < -0.39 is 10.9 Å². The second-order valence-corrected chi connectivity index (χ2v) is 6.72. The lowest BCUT2D eigenvalue weighted by Crippen LogP contribution is -2.34.